The van der Waals surface area contributed by atoms with Gasteiger partial charge in [0.05, 0.1) is 0 Å². The van der Waals surface area contributed by atoms with Gasteiger partial charge in [-0.1, -0.05) is 39.5 Å². The molecule has 17 heavy (non-hydrogen) atoms. The molecule has 0 aliphatic heterocycles. The highest BCUT2D eigenvalue weighted by Gasteiger charge is 2.26. The van der Waals surface area contributed by atoms with E-state index in [0.29, 0.717) is 5.41 Å². The first-order valence-corrected chi connectivity index (χ1v) is 7.46. The Morgan fingerprint density at radius 2 is 1.76 bits per heavy atom. The van der Waals surface area contributed by atoms with Crippen LogP contribution in [0.5, 0.6) is 0 Å². The van der Waals surface area contributed by atoms with E-state index in [1.54, 1.807) is 0 Å². The highest BCUT2D eigenvalue weighted by Crippen LogP contribution is 2.26. The zero-order valence-electron chi connectivity index (χ0n) is 12.4. The van der Waals surface area contributed by atoms with Crippen LogP contribution in [-0.4, -0.2) is 38.1 Å². The monoisotopic (exact) mass is 240 g/mol. The highest BCUT2D eigenvalue weighted by molar-refractivity contribution is 4.82. The molecule has 2 heteroatoms. The fourth-order valence-corrected chi connectivity index (χ4v) is 3.15. The van der Waals surface area contributed by atoms with Crippen molar-refractivity contribution in [1.82, 2.24) is 10.2 Å². The SMILES string of the molecule is CCC(C)(CNC)CN(C)C1CCCCCC1. The predicted octanol–water partition coefficient (Wildman–Crippen LogP) is 3.28. The summed E-state index contributed by atoms with van der Waals surface area (Å²) in [5.41, 5.74) is 0.426. The molecule has 0 aromatic rings. The number of rotatable bonds is 6. The van der Waals surface area contributed by atoms with Crippen LogP contribution >= 0.6 is 0 Å². The maximum Gasteiger partial charge on any atom is 0.00924 e. The summed E-state index contributed by atoms with van der Waals surface area (Å²) in [6.07, 6.45) is 9.85. The first kappa shape index (κ1) is 15.0. The summed E-state index contributed by atoms with van der Waals surface area (Å²) in [6.45, 7) is 7.09. The lowest BCUT2D eigenvalue weighted by Crippen LogP contribution is -2.43. The number of nitrogens with one attached hydrogen (secondary N) is 1. The molecule has 1 rings (SSSR count). The van der Waals surface area contributed by atoms with Gasteiger partial charge in [0.1, 0.15) is 0 Å². The van der Waals surface area contributed by atoms with E-state index < -0.39 is 0 Å². The van der Waals surface area contributed by atoms with Gasteiger partial charge in [0.25, 0.3) is 0 Å². The van der Waals surface area contributed by atoms with Gasteiger partial charge in [-0.05, 0) is 38.8 Å². The molecule has 0 aromatic heterocycles. The molecule has 0 amide bonds. The first-order chi connectivity index (χ1) is 8.11. The Bertz CT molecular complexity index is 197. The van der Waals surface area contributed by atoms with E-state index in [4.69, 9.17) is 0 Å². The van der Waals surface area contributed by atoms with Gasteiger partial charge in [0.15, 0.2) is 0 Å². The Hall–Kier alpha value is -0.0800. The van der Waals surface area contributed by atoms with Crippen LogP contribution in [0, 0.1) is 5.41 Å². The van der Waals surface area contributed by atoms with Crippen LogP contribution in [0.25, 0.3) is 0 Å². The third-order valence-corrected chi connectivity index (χ3v) is 4.54. The number of nitrogens with zero attached hydrogens (tertiary/aromatic N) is 1. The molecule has 0 bridgehead atoms. The van der Waals surface area contributed by atoms with E-state index in [0.717, 1.165) is 12.6 Å². The third-order valence-electron chi connectivity index (χ3n) is 4.54. The second-order valence-corrected chi connectivity index (χ2v) is 6.26. The molecule has 1 fully saturated rings. The fourth-order valence-electron chi connectivity index (χ4n) is 3.15. The van der Waals surface area contributed by atoms with E-state index in [1.807, 2.05) is 0 Å². The van der Waals surface area contributed by atoms with Crippen molar-refractivity contribution in [3.63, 3.8) is 0 Å². The number of hydrogen-bond acceptors (Lipinski definition) is 2. The Balaban J connectivity index is 2.47. The maximum atomic E-state index is 3.35. The molecule has 1 N–H and O–H groups in total. The van der Waals surface area contributed by atoms with E-state index in [2.05, 4.69) is 38.2 Å². The van der Waals surface area contributed by atoms with Crippen LogP contribution in [0.2, 0.25) is 0 Å². The van der Waals surface area contributed by atoms with Gasteiger partial charge in [0.2, 0.25) is 0 Å². The molecule has 0 aromatic carbocycles. The lowest BCUT2D eigenvalue weighted by Gasteiger charge is -2.37. The quantitative estimate of drug-likeness (QED) is 0.717. The van der Waals surface area contributed by atoms with Crippen molar-refractivity contribution in [3.8, 4) is 0 Å². The summed E-state index contributed by atoms with van der Waals surface area (Å²) in [5, 5.41) is 3.35. The highest BCUT2D eigenvalue weighted by atomic mass is 15.1. The molecule has 2 nitrogen and oxygen atoms in total. The van der Waals surface area contributed by atoms with Crippen molar-refractivity contribution in [1.29, 1.82) is 0 Å². The molecule has 0 heterocycles. The molecule has 0 spiro atoms. The van der Waals surface area contributed by atoms with Gasteiger partial charge in [-0.25, -0.2) is 0 Å². The zero-order chi connectivity index (χ0) is 12.7. The van der Waals surface area contributed by atoms with Crippen molar-refractivity contribution < 1.29 is 0 Å². The summed E-state index contributed by atoms with van der Waals surface area (Å²) < 4.78 is 0. The van der Waals surface area contributed by atoms with Crippen LogP contribution in [0.4, 0.5) is 0 Å². The van der Waals surface area contributed by atoms with Gasteiger partial charge >= 0.3 is 0 Å². The average molecular weight is 240 g/mol. The summed E-state index contributed by atoms with van der Waals surface area (Å²) >= 11 is 0. The summed E-state index contributed by atoms with van der Waals surface area (Å²) in [4.78, 5) is 2.63. The van der Waals surface area contributed by atoms with Gasteiger partial charge in [-0.15, -0.1) is 0 Å². The standard InChI is InChI=1S/C15H32N2/c1-5-15(2,12-16-3)13-17(4)14-10-8-6-7-9-11-14/h14,16H,5-13H2,1-4H3. The van der Waals surface area contributed by atoms with E-state index in [1.165, 1.54) is 51.5 Å². The van der Waals surface area contributed by atoms with Gasteiger partial charge in [-0.2, -0.15) is 0 Å². The van der Waals surface area contributed by atoms with E-state index >= 15 is 0 Å². The van der Waals surface area contributed by atoms with Crippen LogP contribution < -0.4 is 5.32 Å². The maximum absolute atomic E-state index is 3.35. The summed E-state index contributed by atoms with van der Waals surface area (Å²) in [6, 6.07) is 0.834. The molecule has 1 aliphatic rings. The van der Waals surface area contributed by atoms with Crippen molar-refractivity contribution in [2.45, 2.75) is 64.8 Å². The van der Waals surface area contributed by atoms with Crippen LogP contribution in [-0.2, 0) is 0 Å². The lowest BCUT2D eigenvalue weighted by molar-refractivity contribution is 0.132. The summed E-state index contributed by atoms with van der Waals surface area (Å²) in [7, 11) is 4.40. The first-order valence-electron chi connectivity index (χ1n) is 7.46. The molecule has 1 saturated carbocycles. The van der Waals surface area contributed by atoms with Crippen LogP contribution in [0.15, 0.2) is 0 Å². The Labute approximate surface area is 108 Å². The fraction of sp³-hybridized carbons (Fsp3) is 1.00. The second-order valence-electron chi connectivity index (χ2n) is 6.26. The molecular formula is C15H32N2. The van der Waals surface area contributed by atoms with Crippen molar-refractivity contribution >= 4 is 0 Å². The minimum absolute atomic E-state index is 0.426. The minimum Gasteiger partial charge on any atom is -0.319 e. The smallest absolute Gasteiger partial charge is 0.00924 e. The second kappa shape index (κ2) is 7.38. The van der Waals surface area contributed by atoms with E-state index in [-0.39, 0.29) is 0 Å². The normalized spacial score (nSPS) is 22.4. The van der Waals surface area contributed by atoms with Crippen LogP contribution in [0.1, 0.15) is 58.8 Å². The van der Waals surface area contributed by atoms with Crippen molar-refractivity contribution in [2.24, 2.45) is 5.41 Å². The Kier molecular flexibility index (Phi) is 6.50. The Morgan fingerprint density at radius 1 is 1.18 bits per heavy atom. The van der Waals surface area contributed by atoms with Gasteiger partial charge in [-0.3, -0.25) is 0 Å². The molecule has 1 aliphatic carbocycles. The van der Waals surface area contributed by atoms with Gasteiger partial charge in [0, 0.05) is 19.1 Å². The predicted molar refractivity (Wildman–Crippen MR) is 76.4 cm³/mol. The molecule has 0 saturated heterocycles. The molecular weight excluding hydrogens is 208 g/mol. The molecule has 0 radical (unpaired) electrons. The zero-order valence-corrected chi connectivity index (χ0v) is 12.4. The topological polar surface area (TPSA) is 15.3 Å². The van der Waals surface area contributed by atoms with Crippen molar-refractivity contribution in [3.05, 3.63) is 0 Å². The van der Waals surface area contributed by atoms with Crippen LogP contribution in [0.3, 0.4) is 0 Å². The largest absolute Gasteiger partial charge is 0.319 e. The van der Waals surface area contributed by atoms with E-state index in [9.17, 15) is 0 Å². The molecule has 1 atom stereocenters. The van der Waals surface area contributed by atoms with Crippen molar-refractivity contribution in [2.75, 3.05) is 27.2 Å². The minimum atomic E-state index is 0.426. The average Bonchev–Trinajstić information content (AvgIpc) is 2.57. The number of hydrogen-bond donors (Lipinski definition) is 1. The third kappa shape index (κ3) is 4.97. The molecule has 1 unspecified atom stereocenters. The Morgan fingerprint density at radius 3 is 2.24 bits per heavy atom. The molecule has 102 valence electrons. The lowest BCUT2D eigenvalue weighted by atomic mass is 9.86. The summed E-state index contributed by atoms with van der Waals surface area (Å²) in [5.74, 6) is 0. The van der Waals surface area contributed by atoms with Gasteiger partial charge < -0.3 is 10.2 Å².